The summed E-state index contributed by atoms with van der Waals surface area (Å²) < 4.78 is 30.8. The molecule has 0 aliphatic rings. The minimum Gasteiger partial charge on any atom is -0.507 e. The van der Waals surface area contributed by atoms with Crippen LogP contribution in [0.3, 0.4) is 0 Å². The van der Waals surface area contributed by atoms with Crippen LogP contribution in [-0.2, 0) is 10.1 Å². The molecule has 0 spiro atoms. The maximum Gasteiger partial charge on any atom is 0.341 e. The number of nitrogens with zero attached hydrogens (tertiary/aromatic N) is 2. The van der Waals surface area contributed by atoms with Gasteiger partial charge in [-0.15, -0.1) is 10.2 Å². The highest BCUT2D eigenvalue weighted by atomic mass is 32.2. The minimum atomic E-state index is -4.15. The molecule has 0 aromatic heterocycles. The molecule has 0 amide bonds. The van der Waals surface area contributed by atoms with Crippen molar-refractivity contribution in [2.75, 3.05) is 5.73 Å². The molecule has 0 aliphatic heterocycles. The molecule has 8 heteroatoms. The first-order valence-electron chi connectivity index (χ1n) is 9.37. The van der Waals surface area contributed by atoms with Gasteiger partial charge in [0.05, 0.1) is 11.1 Å². The van der Waals surface area contributed by atoms with Gasteiger partial charge in [-0.2, -0.15) is 8.42 Å². The summed E-state index contributed by atoms with van der Waals surface area (Å²) in [6.07, 6.45) is 0. The lowest BCUT2D eigenvalue weighted by Crippen LogP contribution is -2.09. The average Bonchev–Trinajstić information content (AvgIpc) is 2.74. The molecule has 0 atom stereocenters. The minimum absolute atomic E-state index is 0.0181. The first-order chi connectivity index (χ1) is 14.8. The zero-order chi connectivity index (χ0) is 22.0. The number of phenolic OH excluding ortho intramolecular Hbond substituents is 1. The Hall–Kier alpha value is -3.91. The fraction of sp³-hybridized carbons (Fsp3) is 0.0435. The van der Waals surface area contributed by atoms with Gasteiger partial charge >= 0.3 is 10.1 Å². The van der Waals surface area contributed by atoms with Gasteiger partial charge in [-0.05, 0) is 54.3 Å². The summed E-state index contributed by atoms with van der Waals surface area (Å²) in [5.41, 5.74) is 7.60. The zero-order valence-corrected chi connectivity index (χ0v) is 17.4. The van der Waals surface area contributed by atoms with Gasteiger partial charge in [-0.25, -0.2) is 0 Å². The van der Waals surface area contributed by atoms with Gasteiger partial charge in [-0.1, -0.05) is 42.5 Å². The molecule has 0 aliphatic carbocycles. The van der Waals surface area contributed by atoms with E-state index in [1.165, 1.54) is 12.1 Å². The first-order valence-corrected chi connectivity index (χ1v) is 10.8. The summed E-state index contributed by atoms with van der Waals surface area (Å²) >= 11 is 0. The first kappa shape index (κ1) is 20.4. The Morgan fingerprint density at radius 1 is 0.903 bits per heavy atom. The third-order valence-electron chi connectivity index (χ3n) is 4.59. The second-order valence-corrected chi connectivity index (χ2v) is 8.42. The second kappa shape index (κ2) is 8.08. The Balaban J connectivity index is 1.78. The predicted molar refractivity (Wildman–Crippen MR) is 120 cm³/mol. The summed E-state index contributed by atoms with van der Waals surface area (Å²) in [7, 11) is -4.15. The van der Waals surface area contributed by atoms with Crippen LogP contribution in [0, 0.1) is 6.92 Å². The van der Waals surface area contributed by atoms with Crippen LogP contribution >= 0.6 is 0 Å². The molecule has 0 fully saturated rings. The monoisotopic (exact) mass is 433 g/mol. The number of azo groups is 1. The SMILES string of the molecule is Cc1cc(O)c2c(/N=N/c3ccccc3S(=O)(=O)Oc3ccccc3)c(N)ccc2c1. The number of phenols is 1. The summed E-state index contributed by atoms with van der Waals surface area (Å²) in [6.45, 7) is 1.87. The fourth-order valence-electron chi connectivity index (χ4n) is 3.20. The van der Waals surface area contributed by atoms with E-state index in [4.69, 9.17) is 9.92 Å². The van der Waals surface area contributed by atoms with Crippen LogP contribution in [0.5, 0.6) is 11.5 Å². The number of aromatic hydroxyl groups is 1. The molecule has 0 radical (unpaired) electrons. The number of aryl methyl sites for hydroxylation is 1. The molecule has 0 heterocycles. The van der Waals surface area contributed by atoms with Crippen molar-refractivity contribution in [2.24, 2.45) is 10.2 Å². The average molecular weight is 433 g/mol. The second-order valence-electron chi connectivity index (χ2n) is 6.90. The smallest absolute Gasteiger partial charge is 0.341 e. The van der Waals surface area contributed by atoms with Gasteiger partial charge < -0.3 is 15.0 Å². The quantitative estimate of drug-likeness (QED) is 0.241. The fourth-order valence-corrected chi connectivity index (χ4v) is 4.26. The third kappa shape index (κ3) is 4.19. The number of hydrogen-bond acceptors (Lipinski definition) is 7. The summed E-state index contributed by atoms with van der Waals surface area (Å²) in [5, 5.41) is 19.9. The zero-order valence-electron chi connectivity index (χ0n) is 16.6. The van der Waals surface area contributed by atoms with E-state index in [0.717, 1.165) is 10.9 Å². The lowest BCUT2D eigenvalue weighted by atomic mass is 10.0. The topological polar surface area (TPSA) is 114 Å². The molecule has 156 valence electrons. The molecular weight excluding hydrogens is 414 g/mol. The number of hydrogen-bond donors (Lipinski definition) is 2. The molecule has 3 N–H and O–H groups in total. The van der Waals surface area contributed by atoms with Crippen LogP contribution in [0.4, 0.5) is 17.1 Å². The number of nitrogen functional groups attached to an aromatic ring is 1. The molecule has 0 bridgehead atoms. The van der Waals surface area contributed by atoms with Crippen molar-refractivity contribution in [1.82, 2.24) is 0 Å². The highest BCUT2D eigenvalue weighted by Gasteiger charge is 2.21. The van der Waals surface area contributed by atoms with Crippen molar-refractivity contribution in [3.8, 4) is 11.5 Å². The lowest BCUT2D eigenvalue weighted by Gasteiger charge is -2.10. The van der Waals surface area contributed by atoms with E-state index in [9.17, 15) is 13.5 Å². The van der Waals surface area contributed by atoms with E-state index in [1.54, 1.807) is 60.7 Å². The van der Waals surface area contributed by atoms with Crippen molar-refractivity contribution in [1.29, 1.82) is 0 Å². The van der Waals surface area contributed by atoms with Gasteiger partial charge in [0.2, 0.25) is 0 Å². The Labute approximate surface area is 179 Å². The lowest BCUT2D eigenvalue weighted by molar-refractivity contribution is 0.481. The normalized spacial score (nSPS) is 11.8. The molecule has 0 saturated heterocycles. The summed E-state index contributed by atoms with van der Waals surface area (Å²) in [5.74, 6) is 0.206. The number of fused-ring (bicyclic) bond motifs is 1. The number of benzene rings is 4. The van der Waals surface area contributed by atoms with Crippen LogP contribution in [0.25, 0.3) is 10.8 Å². The van der Waals surface area contributed by atoms with Gasteiger partial charge in [0.15, 0.2) is 0 Å². The summed E-state index contributed by atoms with van der Waals surface area (Å²) in [6, 6.07) is 21.2. The van der Waals surface area contributed by atoms with Crippen molar-refractivity contribution < 1.29 is 17.7 Å². The van der Waals surface area contributed by atoms with E-state index in [2.05, 4.69) is 10.2 Å². The number of rotatable bonds is 5. The summed E-state index contributed by atoms with van der Waals surface area (Å²) in [4.78, 5) is -0.138. The van der Waals surface area contributed by atoms with E-state index < -0.39 is 10.1 Å². The largest absolute Gasteiger partial charge is 0.507 e. The Kier molecular flexibility index (Phi) is 5.31. The van der Waals surface area contributed by atoms with Crippen LogP contribution in [0.1, 0.15) is 5.56 Å². The van der Waals surface area contributed by atoms with E-state index in [0.29, 0.717) is 11.1 Å². The molecule has 4 aromatic carbocycles. The molecule has 7 nitrogen and oxygen atoms in total. The number of anilines is 1. The van der Waals surface area contributed by atoms with Gasteiger partial charge in [0, 0.05) is 0 Å². The van der Waals surface area contributed by atoms with Gasteiger partial charge in [0.25, 0.3) is 0 Å². The maximum absolute atomic E-state index is 12.8. The molecule has 0 unspecified atom stereocenters. The van der Waals surface area contributed by atoms with Crippen LogP contribution in [0.15, 0.2) is 94.0 Å². The molecule has 31 heavy (non-hydrogen) atoms. The number of nitrogens with two attached hydrogens (primary N) is 1. The van der Waals surface area contributed by atoms with Crippen molar-refractivity contribution in [3.63, 3.8) is 0 Å². The van der Waals surface area contributed by atoms with Crippen molar-refractivity contribution in [2.45, 2.75) is 11.8 Å². The van der Waals surface area contributed by atoms with Gasteiger partial charge in [0.1, 0.15) is 27.8 Å². The predicted octanol–water partition coefficient (Wildman–Crippen LogP) is 5.62. The highest BCUT2D eigenvalue weighted by Crippen LogP contribution is 2.40. The Bertz CT molecular complexity index is 1400. The van der Waals surface area contributed by atoms with E-state index in [-0.39, 0.29) is 27.8 Å². The van der Waals surface area contributed by atoms with Crippen molar-refractivity contribution in [3.05, 3.63) is 84.4 Å². The standard InChI is InChI=1S/C23H19N3O4S/c1-15-13-16-11-12-18(24)23(22(16)20(27)14-15)26-25-19-9-5-6-10-21(19)31(28,29)30-17-7-3-2-4-8-17/h2-14,27H,24H2,1H3/b26-25+. The number of para-hydroxylation sites is 1. The molecule has 4 rings (SSSR count). The van der Waals surface area contributed by atoms with E-state index in [1.807, 2.05) is 13.0 Å². The molecular formula is C23H19N3O4S. The maximum atomic E-state index is 12.8. The van der Waals surface area contributed by atoms with Crippen LogP contribution in [-0.4, -0.2) is 13.5 Å². The van der Waals surface area contributed by atoms with Crippen molar-refractivity contribution >= 4 is 38.0 Å². The Morgan fingerprint density at radius 3 is 2.39 bits per heavy atom. The Morgan fingerprint density at radius 2 is 1.61 bits per heavy atom. The molecule has 4 aromatic rings. The van der Waals surface area contributed by atoms with E-state index >= 15 is 0 Å². The molecule has 0 saturated carbocycles. The third-order valence-corrected chi connectivity index (χ3v) is 5.88. The van der Waals surface area contributed by atoms with Gasteiger partial charge in [-0.3, -0.25) is 0 Å². The van der Waals surface area contributed by atoms with Crippen LogP contribution < -0.4 is 9.92 Å². The van der Waals surface area contributed by atoms with Crippen LogP contribution in [0.2, 0.25) is 0 Å². The highest BCUT2D eigenvalue weighted by molar-refractivity contribution is 7.87.